The molecule has 9 heteroatoms. The zero-order valence-corrected chi connectivity index (χ0v) is 17.9. The highest BCUT2D eigenvalue weighted by Gasteiger charge is 2.23. The van der Waals surface area contributed by atoms with Gasteiger partial charge in [0.05, 0.1) is 17.4 Å². The number of hydrogen-bond donors (Lipinski definition) is 2. The fraction of sp³-hybridized carbons (Fsp3) is 0.368. The van der Waals surface area contributed by atoms with Crippen molar-refractivity contribution in [3.8, 4) is 0 Å². The van der Waals surface area contributed by atoms with Gasteiger partial charge in [-0.05, 0) is 49.6 Å². The van der Waals surface area contributed by atoms with Crippen LogP contribution in [0.3, 0.4) is 0 Å². The van der Waals surface area contributed by atoms with Gasteiger partial charge in [0.15, 0.2) is 0 Å². The van der Waals surface area contributed by atoms with Gasteiger partial charge in [0.2, 0.25) is 21.8 Å². The molecular formula is C19H25N3O4S2. The minimum atomic E-state index is -3.57. The van der Waals surface area contributed by atoms with E-state index < -0.39 is 16.1 Å². The molecule has 2 aromatic rings. The third kappa shape index (κ3) is 5.63. The van der Waals surface area contributed by atoms with E-state index in [0.29, 0.717) is 5.69 Å². The van der Waals surface area contributed by atoms with Crippen LogP contribution in [0.5, 0.6) is 0 Å². The van der Waals surface area contributed by atoms with Crippen molar-refractivity contribution >= 4 is 38.9 Å². The zero-order chi connectivity index (χ0) is 20.9. The number of carbonyl (C=O) groups is 2. The monoisotopic (exact) mass is 423 g/mol. The van der Waals surface area contributed by atoms with Gasteiger partial charge in [0.1, 0.15) is 0 Å². The summed E-state index contributed by atoms with van der Waals surface area (Å²) in [5.74, 6) is -0.489. The summed E-state index contributed by atoms with van der Waals surface area (Å²) in [5.41, 5.74) is 0.490. The van der Waals surface area contributed by atoms with Gasteiger partial charge in [-0.3, -0.25) is 9.59 Å². The van der Waals surface area contributed by atoms with Crippen molar-refractivity contribution in [2.45, 2.75) is 44.2 Å². The van der Waals surface area contributed by atoms with Gasteiger partial charge in [-0.15, -0.1) is 11.3 Å². The molecule has 1 heterocycles. The van der Waals surface area contributed by atoms with Crippen LogP contribution in [0.25, 0.3) is 0 Å². The number of thiophene rings is 1. The highest BCUT2D eigenvalue weighted by molar-refractivity contribution is 7.89. The van der Waals surface area contributed by atoms with E-state index in [1.54, 1.807) is 26.0 Å². The second-order valence-corrected chi connectivity index (χ2v) is 9.64. The van der Waals surface area contributed by atoms with Crippen molar-refractivity contribution in [3.63, 3.8) is 0 Å². The second kappa shape index (κ2) is 9.31. The SMILES string of the molecule is CC(=O)N[C@@H](CC(=O)Nc1ccc(S(=O)(=O)N(C)C(C)C)cc1)c1cccs1. The van der Waals surface area contributed by atoms with Crippen molar-refractivity contribution in [1.29, 1.82) is 0 Å². The maximum Gasteiger partial charge on any atom is 0.243 e. The van der Waals surface area contributed by atoms with Crippen LogP contribution in [0.2, 0.25) is 0 Å². The molecule has 152 valence electrons. The third-order valence-corrected chi connectivity index (χ3v) is 7.23. The summed E-state index contributed by atoms with van der Waals surface area (Å²) in [4.78, 5) is 24.9. The topological polar surface area (TPSA) is 95.6 Å². The molecule has 2 amide bonds. The first-order chi connectivity index (χ1) is 13.1. The Labute approximate surface area is 169 Å². The van der Waals surface area contributed by atoms with Crippen LogP contribution in [-0.2, 0) is 19.6 Å². The first-order valence-electron chi connectivity index (χ1n) is 8.79. The van der Waals surface area contributed by atoms with Crippen molar-refractivity contribution in [2.75, 3.05) is 12.4 Å². The van der Waals surface area contributed by atoms with Crippen molar-refractivity contribution in [3.05, 3.63) is 46.7 Å². The van der Waals surface area contributed by atoms with Gasteiger partial charge in [-0.1, -0.05) is 6.07 Å². The summed E-state index contributed by atoms with van der Waals surface area (Å²) >= 11 is 1.46. The lowest BCUT2D eigenvalue weighted by atomic mass is 10.1. The van der Waals surface area contributed by atoms with E-state index in [-0.39, 0.29) is 29.2 Å². The van der Waals surface area contributed by atoms with Gasteiger partial charge >= 0.3 is 0 Å². The van der Waals surface area contributed by atoms with E-state index in [2.05, 4.69) is 10.6 Å². The van der Waals surface area contributed by atoms with Gasteiger partial charge in [0, 0.05) is 30.6 Å². The Balaban J connectivity index is 2.07. The summed E-state index contributed by atoms with van der Waals surface area (Å²) in [5, 5.41) is 7.41. The van der Waals surface area contributed by atoms with Crippen molar-refractivity contribution < 1.29 is 18.0 Å². The zero-order valence-electron chi connectivity index (χ0n) is 16.3. The van der Waals surface area contributed by atoms with E-state index in [1.807, 2.05) is 17.5 Å². The minimum absolute atomic E-state index is 0.0796. The average Bonchev–Trinajstić information content (AvgIpc) is 3.15. The normalized spacial score (nSPS) is 12.8. The minimum Gasteiger partial charge on any atom is -0.348 e. The van der Waals surface area contributed by atoms with E-state index in [4.69, 9.17) is 0 Å². The largest absolute Gasteiger partial charge is 0.348 e. The number of rotatable bonds is 8. The van der Waals surface area contributed by atoms with Crippen LogP contribution in [0.4, 0.5) is 5.69 Å². The average molecular weight is 424 g/mol. The Morgan fingerprint density at radius 1 is 1.14 bits per heavy atom. The summed E-state index contributed by atoms with van der Waals surface area (Å²) in [6.45, 7) is 5.00. The number of benzene rings is 1. The quantitative estimate of drug-likeness (QED) is 0.682. The highest BCUT2D eigenvalue weighted by Crippen LogP contribution is 2.23. The lowest BCUT2D eigenvalue weighted by Crippen LogP contribution is -2.33. The standard InChI is InChI=1S/C19H25N3O4S2/c1-13(2)22(4)28(25,26)16-9-7-15(8-10-16)21-19(24)12-17(20-14(3)23)18-6-5-11-27-18/h5-11,13,17H,12H2,1-4H3,(H,20,23)(H,21,24)/t17-/m0/s1. The maximum absolute atomic E-state index is 12.5. The molecule has 1 atom stereocenters. The summed E-state index contributed by atoms with van der Waals surface area (Å²) < 4.78 is 26.3. The number of nitrogens with zero attached hydrogens (tertiary/aromatic N) is 1. The van der Waals surface area contributed by atoms with Crippen LogP contribution < -0.4 is 10.6 Å². The van der Waals surface area contributed by atoms with E-state index in [0.717, 1.165) is 4.88 Å². The van der Waals surface area contributed by atoms with Crippen molar-refractivity contribution in [1.82, 2.24) is 9.62 Å². The fourth-order valence-electron chi connectivity index (χ4n) is 2.51. The molecule has 0 aliphatic carbocycles. The molecular weight excluding hydrogens is 398 g/mol. The molecule has 0 bridgehead atoms. The first-order valence-corrected chi connectivity index (χ1v) is 11.1. The van der Waals surface area contributed by atoms with Crippen LogP contribution in [0.15, 0.2) is 46.7 Å². The van der Waals surface area contributed by atoms with Crippen LogP contribution >= 0.6 is 11.3 Å². The van der Waals surface area contributed by atoms with Gasteiger partial charge < -0.3 is 10.6 Å². The molecule has 0 unspecified atom stereocenters. The summed E-state index contributed by atoms with van der Waals surface area (Å²) in [6, 6.07) is 9.20. The van der Waals surface area contributed by atoms with Gasteiger partial charge in [0.25, 0.3) is 0 Å². The number of nitrogens with one attached hydrogen (secondary N) is 2. The molecule has 0 aliphatic heterocycles. The van der Waals surface area contributed by atoms with E-state index >= 15 is 0 Å². The molecule has 0 aliphatic rings. The number of sulfonamides is 1. The number of hydrogen-bond acceptors (Lipinski definition) is 5. The molecule has 0 fully saturated rings. The van der Waals surface area contributed by atoms with Crippen LogP contribution in [0.1, 0.15) is 38.1 Å². The Kier molecular flexibility index (Phi) is 7.34. The lowest BCUT2D eigenvalue weighted by Gasteiger charge is -2.21. The Hall–Kier alpha value is -2.23. The van der Waals surface area contributed by atoms with E-state index in [9.17, 15) is 18.0 Å². The maximum atomic E-state index is 12.5. The molecule has 2 rings (SSSR count). The number of anilines is 1. The molecule has 1 aromatic heterocycles. The summed E-state index contributed by atoms with van der Waals surface area (Å²) in [6.07, 6.45) is 0.0796. The Morgan fingerprint density at radius 2 is 1.79 bits per heavy atom. The molecule has 0 spiro atoms. The van der Waals surface area contributed by atoms with Gasteiger partial charge in [-0.2, -0.15) is 4.31 Å². The van der Waals surface area contributed by atoms with E-state index in [1.165, 1.54) is 41.7 Å². The highest BCUT2D eigenvalue weighted by atomic mass is 32.2. The Morgan fingerprint density at radius 3 is 2.29 bits per heavy atom. The molecule has 0 radical (unpaired) electrons. The fourth-order valence-corrected chi connectivity index (χ4v) is 4.65. The second-order valence-electron chi connectivity index (χ2n) is 6.66. The molecule has 0 saturated heterocycles. The molecule has 0 saturated carbocycles. The first kappa shape index (κ1) is 22.1. The molecule has 28 heavy (non-hydrogen) atoms. The summed E-state index contributed by atoms with van der Waals surface area (Å²) in [7, 11) is -2.04. The number of amides is 2. The van der Waals surface area contributed by atoms with Crippen LogP contribution in [0, 0.1) is 0 Å². The lowest BCUT2D eigenvalue weighted by molar-refractivity contribution is -0.120. The smallest absolute Gasteiger partial charge is 0.243 e. The molecule has 7 nitrogen and oxygen atoms in total. The predicted molar refractivity (Wildman–Crippen MR) is 111 cm³/mol. The molecule has 1 aromatic carbocycles. The third-order valence-electron chi connectivity index (χ3n) is 4.20. The van der Waals surface area contributed by atoms with Crippen LogP contribution in [-0.4, -0.2) is 37.6 Å². The Bertz CT molecular complexity index is 907. The molecule has 2 N–H and O–H groups in total. The van der Waals surface area contributed by atoms with Gasteiger partial charge in [-0.25, -0.2) is 8.42 Å². The van der Waals surface area contributed by atoms with Crippen molar-refractivity contribution in [2.24, 2.45) is 0 Å². The number of carbonyl (C=O) groups excluding carboxylic acids is 2. The predicted octanol–water partition coefficient (Wildman–Crippen LogP) is 2.98.